The first kappa shape index (κ1) is 10.9. The second kappa shape index (κ2) is 4.94. The molecule has 16 heavy (non-hydrogen) atoms. The van der Waals surface area contributed by atoms with Crippen LogP contribution in [0.15, 0.2) is 41.1 Å². The molecule has 0 atom stereocenters. The van der Waals surface area contributed by atoms with E-state index in [-0.39, 0.29) is 0 Å². The summed E-state index contributed by atoms with van der Waals surface area (Å²) in [5.74, 6) is 1.97. The maximum atomic E-state index is 5.53. The highest BCUT2D eigenvalue weighted by Crippen LogP contribution is 2.10. The number of furan rings is 1. The van der Waals surface area contributed by atoms with Crippen molar-refractivity contribution in [2.24, 2.45) is 0 Å². The van der Waals surface area contributed by atoms with E-state index in [1.54, 1.807) is 6.20 Å². The van der Waals surface area contributed by atoms with E-state index in [0.29, 0.717) is 0 Å². The molecule has 0 saturated heterocycles. The third-order valence-corrected chi connectivity index (χ3v) is 2.40. The first-order chi connectivity index (χ1) is 7.74. The van der Waals surface area contributed by atoms with E-state index in [1.165, 1.54) is 5.56 Å². The van der Waals surface area contributed by atoms with Crippen LogP contribution in [0.25, 0.3) is 0 Å². The van der Waals surface area contributed by atoms with E-state index in [9.17, 15) is 0 Å². The molecule has 0 radical (unpaired) electrons. The molecule has 3 nitrogen and oxygen atoms in total. The minimum absolute atomic E-state index is 0.822. The molecule has 0 spiro atoms. The molecule has 0 aliphatic heterocycles. The van der Waals surface area contributed by atoms with E-state index in [1.807, 2.05) is 31.3 Å². The van der Waals surface area contributed by atoms with E-state index >= 15 is 0 Å². The van der Waals surface area contributed by atoms with Crippen molar-refractivity contribution in [3.8, 4) is 0 Å². The highest BCUT2D eigenvalue weighted by atomic mass is 16.3. The fraction of sp³-hybridized carbons (Fsp3) is 0.308. The van der Waals surface area contributed by atoms with Crippen molar-refractivity contribution in [3.63, 3.8) is 0 Å². The van der Waals surface area contributed by atoms with Gasteiger partial charge in [0, 0.05) is 18.9 Å². The van der Waals surface area contributed by atoms with Crippen molar-refractivity contribution >= 4 is 0 Å². The van der Waals surface area contributed by atoms with Gasteiger partial charge in [-0.05, 0) is 37.7 Å². The van der Waals surface area contributed by atoms with Crippen molar-refractivity contribution in [1.29, 1.82) is 0 Å². The average molecular weight is 216 g/mol. The van der Waals surface area contributed by atoms with Crippen LogP contribution in [-0.2, 0) is 13.1 Å². The smallest absolute Gasteiger partial charge is 0.118 e. The van der Waals surface area contributed by atoms with Crippen LogP contribution in [0.5, 0.6) is 0 Å². The maximum absolute atomic E-state index is 5.53. The number of rotatable bonds is 4. The van der Waals surface area contributed by atoms with Crippen molar-refractivity contribution < 1.29 is 4.42 Å². The summed E-state index contributed by atoms with van der Waals surface area (Å²) in [6.07, 6.45) is 3.68. The summed E-state index contributed by atoms with van der Waals surface area (Å²) in [6.45, 7) is 3.67. The normalized spacial score (nSPS) is 10.9. The molecule has 0 fully saturated rings. The van der Waals surface area contributed by atoms with E-state index < -0.39 is 0 Å². The van der Waals surface area contributed by atoms with Gasteiger partial charge in [-0.2, -0.15) is 0 Å². The summed E-state index contributed by atoms with van der Waals surface area (Å²) in [5, 5.41) is 0. The van der Waals surface area contributed by atoms with Gasteiger partial charge < -0.3 is 4.42 Å². The van der Waals surface area contributed by atoms with Gasteiger partial charge in [-0.3, -0.25) is 9.88 Å². The molecule has 0 aliphatic rings. The van der Waals surface area contributed by atoms with Gasteiger partial charge in [-0.15, -0.1) is 0 Å². The average Bonchev–Trinajstić information content (AvgIpc) is 2.65. The van der Waals surface area contributed by atoms with Crippen LogP contribution in [0.1, 0.15) is 17.1 Å². The Bertz CT molecular complexity index is 436. The molecule has 0 unspecified atom stereocenters. The van der Waals surface area contributed by atoms with Crippen LogP contribution in [0.3, 0.4) is 0 Å². The monoisotopic (exact) mass is 216 g/mol. The molecule has 2 heterocycles. The summed E-state index contributed by atoms with van der Waals surface area (Å²) >= 11 is 0. The maximum Gasteiger partial charge on any atom is 0.118 e. The fourth-order valence-electron chi connectivity index (χ4n) is 1.70. The van der Waals surface area contributed by atoms with E-state index in [4.69, 9.17) is 4.42 Å². The summed E-state index contributed by atoms with van der Waals surface area (Å²) in [5.41, 5.74) is 1.22. The number of nitrogens with zero attached hydrogens (tertiary/aromatic N) is 2. The Balaban J connectivity index is 1.92. The van der Waals surface area contributed by atoms with Crippen LogP contribution in [0.4, 0.5) is 0 Å². The second-order valence-electron chi connectivity index (χ2n) is 4.05. The van der Waals surface area contributed by atoms with Gasteiger partial charge in [0.15, 0.2) is 0 Å². The molecular formula is C13H16N2O. The molecule has 0 bridgehead atoms. The lowest BCUT2D eigenvalue weighted by atomic mass is 10.2. The van der Waals surface area contributed by atoms with Gasteiger partial charge in [0.25, 0.3) is 0 Å². The van der Waals surface area contributed by atoms with Gasteiger partial charge in [-0.25, -0.2) is 0 Å². The van der Waals surface area contributed by atoms with Crippen molar-refractivity contribution in [1.82, 2.24) is 9.88 Å². The number of pyridine rings is 1. The number of aryl methyl sites for hydroxylation is 1. The van der Waals surface area contributed by atoms with Crippen LogP contribution in [0, 0.1) is 6.92 Å². The Morgan fingerprint density at radius 3 is 2.75 bits per heavy atom. The largest absolute Gasteiger partial charge is 0.465 e. The minimum Gasteiger partial charge on any atom is -0.465 e. The molecule has 3 heteroatoms. The lowest BCUT2D eigenvalue weighted by Gasteiger charge is -2.14. The molecule has 0 N–H and O–H groups in total. The van der Waals surface area contributed by atoms with Gasteiger partial charge in [-0.1, -0.05) is 6.07 Å². The Labute approximate surface area is 95.7 Å². The Kier molecular flexibility index (Phi) is 3.37. The lowest BCUT2D eigenvalue weighted by molar-refractivity contribution is 0.285. The summed E-state index contributed by atoms with van der Waals surface area (Å²) in [6, 6.07) is 8.05. The zero-order chi connectivity index (χ0) is 11.4. The van der Waals surface area contributed by atoms with Crippen LogP contribution >= 0.6 is 0 Å². The predicted molar refractivity (Wildman–Crippen MR) is 62.9 cm³/mol. The number of aromatic nitrogens is 1. The molecule has 0 aliphatic carbocycles. The Morgan fingerprint density at radius 2 is 2.12 bits per heavy atom. The van der Waals surface area contributed by atoms with E-state index in [2.05, 4.69) is 23.0 Å². The molecule has 2 aromatic heterocycles. The topological polar surface area (TPSA) is 29.3 Å². The third kappa shape index (κ3) is 2.94. The molecular weight excluding hydrogens is 200 g/mol. The number of hydrogen-bond donors (Lipinski definition) is 0. The third-order valence-electron chi connectivity index (χ3n) is 2.40. The highest BCUT2D eigenvalue weighted by Gasteiger charge is 2.04. The summed E-state index contributed by atoms with van der Waals surface area (Å²) in [7, 11) is 2.07. The number of hydrogen-bond acceptors (Lipinski definition) is 3. The van der Waals surface area contributed by atoms with Gasteiger partial charge >= 0.3 is 0 Å². The standard InChI is InChI=1S/C13H16N2O/c1-11-5-6-13(16-11)10-15(2)9-12-4-3-7-14-8-12/h3-8H,9-10H2,1-2H3. The lowest BCUT2D eigenvalue weighted by Crippen LogP contribution is -2.16. The molecule has 2 aromatic rings. The van der Waals surface area contributed by atoms with Crippen molar-refractivity contribution in [3.05, 3.63) is 53.7 Å². The molecule has 0 saturated carbocycles. The van der Waals surface area contributed by atoms with Crippen LogP contribution in [0.2, 0.25) is 0 Å². The van der Waals surface area contributed by atoms with Crippen molar-refractivity contribution in [2.75, 3.05) is 7.05 Å². The van der Waals surface area contributed by atoms with Crippen molar-refractivity contribution in [2.45, 2.75) is 20.0 Å². The predicted octanol–water partition coefficient (Wildman–Crippen LogP) is 2.62. The molecule has 84 valence electrons. The quantitative estimate of drug-likeness (QED) is 0.786. The van der Waals surface area contributed by atoms with Gasteiger partial charge in [0.1, 0.15) is 11.5 Å². The zero-order valence-electron chi connectivity index (χ0n) is 9.68. The molecule has 2 rings (SSSR count). The summed E-state index contributed by atoms with van der Waals surface area (Å²) in [4.78, 5) is 6.30. The van der Waals surface area contributed by atoms with E-state index in [0.717, 1.165) is 24.6 Å². The SMILES string of the molecule is Cc1ccc(CN(C)Cc2cccnc2)o1. The molecule has 0 amide bonds. The second-order valence-corrected chi connectivity index (χ2v) is 4.05. The van der Waals surface area contributed by atoms with Crippen LogP contribution in [-0.4, -0.2) is 16.9 Å². The zero-order valence-corrected chi connectivity index (χ0v) is 9.68. The first-order valence-corrected chi connectivity index (χ1v) is 5.37. The fourth-order valence-corrected chi connectivity index (χ4v) is 1.70. The Hall–Kier alpha value is -1.61. The first-order valence-electron chi connectivity index (χ1n) is 5.37. The molecule has 0 aromatic carbocycles. The van der Waals surface area contributed by atoms with Gasteiger partial charge in [0.2, 0.25) is 0 Å². The van der Waals surface area contributed by atoms with Gasteiger partial charge in [0.05, 0.1) is 6.54 Å². The summed E-state index contributed by atoms with van der Waals surface area (Å²) < 4.78 is 5.53. The highest BCUT2D eigenvalue weighted by molar-refractivity contribution is 5.09. The Morgan fingerprint density at radius 1 is 1.25 bits per heavy atom. The minimum atomic E-state index is 0.822. The van der Waals surface area contributed by atoms with Crippen LogP contribution < -0.4 is 0 Å².